The third-order valence-electron chi connectivity index (χ3n) is 3.91. The molecule has 0 spiro atoms. The Morgan fingerprint density at radius 1 is 1.23 bits per heavy atom. The fourth-order valence-corrected chi connectivity index (χ4v) is 2.78. The molecular formula is C15H16F5NO. The topological polar surface area (TPSA) is 20.3 Å². The Balaban J connectivity index is 2.29. The predicted octanol–water partition coefficient (Wildman–Crippen LogP) is 3.87. The minimum atomic E-state index is -4.52. The van der Waals surface area contributed by atoms with Gasteiger partial charge in [0.2, 0.25) is 5.91 Å². The zero-order chi connectivity index (χ0) is 16.5. The third kappa shape index (κ3) is 3.75. The Bertz CT molecular complexity index is 557. The van der Waals surface area contributed by atoms with Crippen LogP contribution >= 0.6 is 0 Å². The highest BCUT2D eigenvalue weighted by Crippen LogP contribution is 2.32. The van der Waals surface area contributed by atoms with Crippen LogP contribution in [0.15, 0.2) is 18.2 Å². The van der Waals surface area contributed by atoms with Crippen LogP contribution in [0.2, 0.25) is 0 Å². The predicted molar refractivity (Wildman–Crippen MR) is 70.1 cm³/mol. The van der Waals surface area contributed by atoms with Crippen molar-refractivity contribution in [3.8, 4) is 0 Å². The molecule has 1 heterocycles. The van der Waals surface area contributed by atoms with E-state index in [1.807, 2.05) is 0 Å². The maximum absolute atomic E-state index is 13.9. The van der Waals surface area contributed by atoms with E-state index in [1.165, 1.54) is 12.1 Å². The summed E-state index contributed by atoms with van der Waals surface area (Å²) in [6.07, 6.45) is -3.85. The van der Waals surface area contributed by atoms with Gasteiger partial charge in [0.1, 0.15) is 6.54 Å². The highest BCUT2D eigenvalue weighted by molar-refractivity contribution is 5.79. The highest BCUT2D eigenvalue weighted by Gasteiger charge is 2.38. The summed E-state index contributed by atoms with van der Waals surface area (Å²) in [5.41, 5.74) is 0.0223. The third-order valence-corrected chi connectivity index (χ3v) is 3.91. The van der Waals surface area contributed by atoms with Crippen molar-refractivity contribution in [1.29, 1.82) is 0 Å². The summed E-state index contributed by atoms with van der Waals surface area (Å²) in [6, 6.07) is 3.63. The molecule has 2 rings (SSSR count). The molecule has 0 bridgehead atoms. The number of rotatable bonds is 2. The summed E-state index contributed by atoms with van der Waals surface area (Å²) in [6.45, 7) is -0.0807. The minimum absolute atomic E-state index is 0.0223. The Morgan fingerprint density at radius 2 is 1.91 bits per heavy atom. The number of likely N-dealkylation sites (tertiary alicyclic amines) is 1. The van der Waals surface area contributed by atoms with Crippen LogP contribution in [-0.2, 0) is 4.79 Å². The molecule has 1 aliphatic heterocycles. The second-order valence-electron chi connectivity index (χ2n) is 5.65. The standard InChI is InChI=1S/C15H16F5NO/c1-9-5-6-10(11-3-2-4-12(16)13(11)17)7-21(14(9)22)8-15(18,19)20/h2-4,9-10H,5-8H2,1H3/t9-,10+/m0/s1. The van der Waals surface area contributed by atoms with Crippen molar-refractivity contribution in [1.82, 2.24) is 4.90 Å². The van der Waals surface area contributed by atoms with Gasteiger partial charge in [0.05, 0.1) is 0 Å². The zero-order valence-corrected chi connectivity index (χ0v) is 12.0. The van der Waals surface area contributed by atoms with Crippen LogP contribution in [0.25, 0.3) is 0 Å². The van der Waals surface area contributed by atoms with Crippen molar-refractivity contribution < 1.29 is 26.7 Å². The molecule has 0 saturated carbocycles. The van der Waals surface area contributed by atoms with Crippen LogP contribution in [0, 0.1) is 17.6 Å². The van der Waals surface area contributed by atoms with E-state index in [0.29, 0.717) is 17.7 Å². The van der Waals surface area contributed by atoms with Crippen LogP contribution in [0.3, 0.4) is 0 Å². The minimum Gasteiger partial charge on any atom is -0.333 e. The van der Waals surface area contributed by atoms with Crippen molar-refractivity contribution in [2.75, 3.05) is 13.1 Å². The molecule has 1 fully saturated rings. The van der Waals surface area contributed by atoms with Gasteiger partial charge in [0.25, 0.3) is 0 Å². The molecule has 122 valence electrons. The maximum atomic E-state index is 13.9. The van der Waals surface area contributed by atoms with Crippen LogP contribution in [0.4, 0.5) is 22.0 Å². The maximum Gasteiger partial charge on any atom is 0.406 e. The number of hydrogen-bond acceptors (Lipinski definition) is 1. The molecular weight excluding hydrogens is 305 g/mol. The molecule has 2 atom stereocenters. The average Bonchev–Trinajstić information content (AvgIpc) is 2.54. The first-order valence-corrected chi connectivity index (χ1v) is 6.98. The number of benzene rings is 1. The first kappa shape index (κ1) is 16.7. The molecule has 1 aromatic rings. The summed E-state index contributed by atoms with van der Waals surface area (Å²) >= 11 is 0. The van der Waals surface area contributed by atoms with Crippen LogP contribution < -0.4 is 0 Å². The molecule has 0 N–H and O–H groups in total. The molecule has 1 amide bonds. The summed E-state index contributed by atoms with van der Waals surface area (Å²) in [4.78, 5) is 12.7. The van der Waals surface area contributed by atoms with E-state index in [2.05, 4.69) is 0 Å². The fourth-order valence-electron chi connectivity index (χ4n) is 2.78. The zero-order valence-electron chi connectivity index (χ0n) is 12.0. The van der Waals surface area contributed by atoms with E-state index in [-0.39, 0.29) is 12.1 Å². The van der Waals surface area contributed by atoms with Crippen LogP contribution in [0.5, 0.6) is 0 Å². The Morgan fingerprint density at radius 3 is 2.55 bits per heavy atom. The van der Waals surface area contributed by atoms with E-state index in [1.54, 1.807) is 6.92 Å². The highest BCUT2D eigenvalue weighted by atomic mass is 19.4. The largest absolute Gasteiger partial charge is 0.406 e. The molecule has 2 nitrogen and oxygen atoms in total. The number of amides is 1. The van der Waals surface area contributed by atoms with Gasteiger partial charge in [0.15, 0.2) is 11.6 Å². The van der Waals surface area contributed by atoms with E-state index in [0.717, 1.165) is 6.07 Å². The summed E-state index contributed by atoms with van der Waals surface area (Å²) in [7, 11) is 0. The SMILES string of the molecule is C[C@H]1CC[C@@H](c2cccc(F)c2F)CN(CC(F)(F)F)C1=O. The molecule has 0 unspecified atom stereocenters. The van der Waals surface area contributed by atoms with Crippen molar-refractivity contribution in [3.05, 3.63) is 35.4 Å². The number of carbonyl (C=O) groups excluding carboxylic acids is 1. The molecule has 0 aromatic heterocycles. The normalized spacial score (nSPS) is 23.5. The van der Waals surface area contributed by atoms with E-state index in [9.17, 15) is 26.7 Å². The van der Waals surface area contributed by atoms with Crippen molar-refractivity contribution in [3.63, 3.8) is 0 Å². The molecule has 7 heteroatoms. The monoisotopic (exact) mass is 321 g/mol. The van der Waals surface area contributed by atoms with Crippen molar-refractivity contribution in [2.45, 2.75) is 31.9 Å². The molecule has 0 aliphatic carbocycles. The number of alkyl halides is 3. The van der Waals surface area contributed by atoms with E-state index < -0.39 is 42.1 Å². The molecule has 1 aromatic carbocycles. The molecule has 1 aliphatic rings. The number of nitrogens with zero attached hydrogens (tertiary/aromatic N) is 1. The van der Waals surface area contributed by atoms with E-state index >= 15 is 0 Å². The van der Waals surface area contributed by atoms with Gasteiger partial charge in [-0.1, -0.05) is 19.1 Å². The van der Waals surface area contributed by atoms with Gasteiger partial charge in [-0.2, -0.15) is 13.2 Å². The van der Waals surface area contributed by atoms with Crippen LogP contribution in [0.1, 0.15) is 31.2 Å². The van der Waals surface area contributed by atoms with Gasteiger partial charge in [-0.15, -0.1) is 0 Å². The first-order chi connectivity index (χ1) is 10.2. The van der Waals surface area contributed by atoms with E-state index in [4.69, 9.17) is 0 Å². The Hall–Kier alpha value is -1.66. The summed E-state index contributed by atoms with van der Waals surface area (Å²) in [5.74, 6) is -3.91. The molecule has 0 radical (unpaired) electrons. The second kappa shape index (κ2) is 6.22. The lowest BCUT2D eigenvalue weighted by Crippen LogP contribution is -2.42. The summed E-state index contributed by atoms with van der Waals surface area (Å²) in [5, 5.41) is 0. The Labute approximate surface area is 124 Å². The van der Waals surface area contributed by atoms with Gasteiger partial charge in [-0.25, -0.2) is 8.78 Å². The van der Waals surface area contributed by atoms with Gasteiger partial charge in [0, 0.05) is 18.4 Å². The first-order valence-electron chi connectivity index (χ1n) is 6.98. The summed E-state index contributed by atoms with van der Waals surface area (Å²) < 4.78 is 65.1. The molecule has 1 saturated heterocycles. The smallest absolute Gasteiger partial charge is 0.333 e. The lowest BCUT2D eigenvalue weighted by atomic mass is 9.92. The van der Waals surface area contributed by atoms with Crippen molar-refractivity contribution >= 4 is 5.91 Å². The average molecular weight is 321 g/mol. The van der Waals surface area contributed by atoms with Gasteiger partial charge in [-0.3, -0.25) is 4.79 Å². The number of carbonyl (C=O) groups is 1. The number of halogens is 5. The van der Waals surface area contributed by atoms with Crippen LogP contribution in [-0.4, -0.2) is 30.1 Å². The lowest BCUT2D eigenvalue weighted by Gasteiger charge is -2.27. The second-order valence-corrected chi connectivity index (χ2v) is 5.65. The van der Waals surface area contributed by atoms with Crippen molar-refractivity contribution in [2.24, 2.45) is 5.92 Å². The fraction of sp³-hybridized carbons (Fsp3) is 0.533. The lowest BCUT2D eigenvalue weighted by molar-refractivity contribution is -0.163. The number of hydrogen-bond donors (Lipinski definition) is 0. The van der Waals surface area contributed by atoms with Gasteiger partial charge >= 0.3 is 6.18 Å². The van der Waals surface area contributed by atoms with Gasteiger partial charge in [-0.05, 0) is 24.5 Å². The molecule has 22 heavy (non-hydrogen) atoms. The van der Waals surface area contributed by atoms with Gasteiger partial charge < -0.3 is 4.90 Å². The quantitative estimate of drug-likeness (QED) is 0.757. The Kier molecular flexibility index (Phi) is 4.72.